The number of alkyl halides is 1. The molecule has 2 nitrogen and oxygen atoms in total. The van der Waals surface area contributed by atoms with Crippen molar-refractivity contribution in [3.63, 3.8) is 0 Å². The van der Waals surface area contributed by atoms with Crippen molar-refractivity contribution in [1.82, 2.24) is 4.57 Å². The Morgan fingerprint density at radius 3 is 2.92 bits per heavy atom. The average molecular weight is 198 g/mol. The lowest BCUT2D eigenvalue weighted by atomic mass is 10.3. The second kappa shape index (κ2) is 4.87. The van der Waals surface area contributed by atoms with Crippen LogP contribution in [0.25, 0.3) is 0 Å². The van der Waals surface area contributed by atoms with E-state index in [-0.39, 0.29) is 5.56 Å². The molecule has 0 saturated carbocycles. The van der Waals surface area contributed by atoms with Gasteiger partial charge in [-0.05, 0) is 18.6 Å². The molecule has 0 radical (unpaired) electrons. The van der Waals surface area contributed by atoms with Gasteiger partial charge in [-0.1, -0.05) is 12.2 Å². The second-order valence-electron chi connectivity index (χ2n) is 2.82. The largest absolute Gasteiger partial charge is 0.312 e. The van der Waals surface area contributed by atoms with Crippen LogP contribution in [0.5, 0.6) is 0 Å². The molecule has 0 amide bonds. The van der Waals surface area contributed by atoms with Gasteiger partial charge in [-0.25, -0.2) is 0 Å². The maximum absolute atomic E-state index is 11.3. The van der Waals surface area contributed by atoms with Crippen LogP contribution in [0.3, 0.4) is 0 Å². The lowest BCUT2D eigenvalue weighted by Gasteiger charge is -2.00. The topological polar surface area (TPSA) is 22.0 Å². The summed E-state index contributed by atoms with van der Waals surface area (Å²) in [4.78, 5) is 11.3. The van der Waals surface area contributed by atoms with Gasteiger partial charge >= 0.3 is 0 Å². The van der Waals surface area contributed by atoms with E-state index in [1.54, 1.807) is 16.8 Å². The molecule has 0 saturated heterocycles. The fourth-order valence-electron chi connectivity index (χ4n) is 1.01. The number of aryl methyl sites for hydroxylation is 1. The van der Waals surface area contributed by atoms with Gasteiger partial charge in [0.05, 0.1) is 0 Å². The molecule has 1 aromatic heterocycles. The number of halogens is 1. The van der Waals surface area contributed by atoms with E-state index in [0.29, 0.717) is 12.4 Å². The third-order valence-electron chi connectivity index (χ3n) is 1.71. The zero-order valence-electron chi connectivity index (χ0n) is 7.53. The zero-order chi connectivity index (χ0) is 9.68. The van der Waals surface area contributed by atoms with Crippen LogP contribution in [-0.2, 0) is 6.54 Å². The van der Waals surface area contributed by atoms with Crippen molar-refractivity contribution in [2.24, 2.45) is 0 Å². The van der Waals surface area contributed by atoms with E-state index in [1.165, 1.54) is 0 Å². The molecular formula is C10H12ClNO. The molecule has 0 fully saturated rings. The van der Waals surface area contributed by atoms with Crippen molar-refractivity contribution in [2.75, 3.05) is 5.88 Å². The first-order chi connectivity index (χ1) is 6.24. The third-order valence-corrected chi connectivity index (χ3v) is 1.89. The Balaban J connectivity index is 2.78. The normalized spacial score (nSPS) is 10.9. The Labute approximate surface area is 82.5 Å². The summed E-state index contributed by atoms with van der Waals surface area (Å²) < 4.78 is 1.63. The van der Waals surface area contributed by atoms with E-state index in [4.69, 9.17) is 11.6 Å². The molecule has 0 spiro atoms. The number of nitrogens with zero attached hydrogens (tertiary/aromatic N) is 1. The van der Waals surface area contributed by atoms with Crippen LogP contribution in [-0.4, -0.2) is 10.4 Å². The molecule has 0 aliphatic heterocycles. The van der Waals surface area contributed by atoms with Gasteiger partial charge in [-0.3, -0.25) is 4.79 Å². The average Bonchev–Trinajstić information content (AvgIpc) is 2.09. The molecule has 0 atom stereocenters. The number of rotatable bonds is 3. The second-order valence-corrected chi connectivity index (χ2v) is 3.13. The SMILES string of the molecule is Cc1ccn(CC=CCCl)c(=O)c1. The molecule has 1 aromatic rings. The maximum Gasteiger partial charge on any atom is 0.251 e. The van der Waals surface area contributed by atoms with E-state index < -0.39 is 0 Å². The molecule has 0 bridgehead atoms. The molecule has 0 aliphatic carbocycles. The highest BCUT2D eigenvalue weighted by molar-refractivity contribution is 6.18. The van der Waals surface area contributed by atoms with Crippen LogP contribution in [0.2, 0.25) is 0 Å². The fraction of sp³-hybridized carbons (Fsp3) is 0.300. The number of aromatic nitrogens is 1. The number of hydrogen-bond acceptors (Lipinski definition) is 1. The molecule has 0 aromatic carbocycles. The summed E-state index contributed by atoms with van der Waals surface area (Å²) in [5, 5.41) is 0. The van der Waals surface area contributed by atoms with Gasteiger partial charge in [0.2, 0.25) is 0 Å². The highest BCUT2D eigenvalue weighted by Gasteiger charge is 1.91. The van der Waals surface area contributed by atoms with Crippen molar-refractivity contribution in [2.45, 2.75) is 13.5 Å². The summed E-state index contributed by atoms with van der Waals surface area (Å²) in [7, 11) is 0. The molecule has 0 N–H and O–H groups in total. The smallest absolute Gasteiger partial charge is 0.251 e. The van der Waals surface area contributed by atoms with Crippen molar-refractivity contribution in [1.29, 1.82) is 0 Å². The van der Waals surface area contributed by atoms with Crippen molar-refractivity contribution >= 4 is 11.6 Å². The quantitative estimate of drug-likeness (QED) is 0.536. The first-order valence-electron chi connectivity index (χ1n) is 4.12. The Bertz CT molecular complexity index is 354. The summed E-state index contributed by atoms with van der Waals surface area (Å²) in [6, 6.07) is 3.53. The molecule has 0 unspecified atom stereocenters. The van der Waals surface area contributed by atoms with E-state index in [2.05, 4.69) is 0 Å². The minimum atomic E-state index is 0.0271. The minimum absolute atomic E-state index is 0.0271. The van der Waals surface area contributed by atoms with E-state index in [0.717, 1.165) is 5.56 Å². The highest BCUT2D eigenvalue weighted by Crippen LogP contribution is 1.91. The number of allylic oxidation sites excluding steroid dienone is 2. The molecule has 0 aliphatic rings. The number of pyridine rings is 1. The zero-order valence-corrected chi connectivity index (χ0v) is 8.29. The fourth-order valence-corrected chi connectivity index (χ4v) is 1.13. The van der Waals surface area contributed by atoms with E-state index in [9.17, 15) is 4.79 Å². The Kier molecular flexibility index (Phi) is 3.77. The molecule has 13 heavy (non-hydrogen) atoms. The van der Waals surface area contributed by atoms with Gasteiger partial charge < -0.3 is 4.57 Å². The van der Waals surface area contributed by atoms with Crippen molar-refractivity contribution in [3.05, 3.63) is 46.4 Å². The molecular weight excluding hydrogens is 186 g/mol. The Hall–Kier alpha value is -1.02. The van der Waals surface area contributed by atoms with Gasteiger partial charge in [-0.15, -0.1) is 11.6 Å². The Morgan fingerprint density at radius 2 is 2.31 bits per heavy atom. The van der Waals surface area contributed by atoms with Gasteiger partial charge in [0.15, 0.2) is 0 Å². The lowest BCUT2D eigenvalue weighted by Crippen LogP contribution is -2.17. The van der Waals surface area contributed by atoms with Crippen molar-refractivity contribution < 1.29 is 0 Å². The van der Waals surface area contributed by atoms with Gasteiger partial charge in [0.1, 0.15) is 0 Å². The monoisotopic (exact) mass is 197 g/mol. The van der Waals surface area contributed by atoms with Crippen molar-refractivity contribution in [3.8, 4) is 0 Å². The van der Waals surface area contributed by atoms with E-state index >= 15 is 0 Å². The standard InChI is InChI=1S/C10H12ClNO/c1-9-4-7-12(10(13)8-9)6-3-2-5-11/h2-4,7-8H,5-6H2,1H3. The van der Waals surface area contributed by atoms with Gasteiger partial charge in [0.25, 0.3) is 5.56 Å². The van der Waals surface area contributed by atoms with Crippen LogP contribution in [0, 0.1) is 6.92 Å². The molecule has 70 valence electrons. The van der Waals surface area contributed by atoms with Gasteiger partial charge in [0, 0.05) is 24.7 Å². The predicted octanol–water partition coefficient (Wildman–Crippen LogP) is 1.95. The summed E-state index contributed by atoms with van der Waals surface area (Å²) in [5.41, 5.74) is 1.02. The summed E-state index contributed by atoms with van der Waals surface area (Å²) in [6.45, 7) is 2.49. The lowest BCUT2D eigenvalue weighted by molar-refractivity contribution is 0.775. The predicted molar refractivity (Wildman–Crippen MR) is 55.3 cm³/mol. The van der Waals surface area contributed by atoms with Crippen LogP contribution in [0.1, 0.15) is 5.56 Å². The molecule has 3 heteroatoms. The summed E-state index contributed by atoms with van der Waals surface area (Å²) >= 11 is 5.46. The van der Waals surface area contributed by atoms with Crippen LogP contribution in [0.15, 0.2) is 35.3 Å². The third kappa shape index (κ3) is 3.07. The van der Waals surface area contributed by atoms with Gasteiger partial charge in [-0.2, -0.15) is 0 Å². The Morgan fingerprint density at radius 1 is 1.54 bits per heavy atom. The summed E-state index contributed by atoms with van der Waals surface area (Å²) in [5.74, 6) is 0.487. The van der Waals surface area contributed by atoms with Crippen LogP contribution >= 0.6 is 11.6 Å². The first-order valence-corrected chi connectivity index (χ1v) is 4.65. The highest BCUT2D eigenvalue weighted by atomic mass is 35.5. The molecule has 1 rings (SSSR count). The van der Waals surface area contributed by atoms with E-state index in [1.807, 2.05) is 25.1 Å². The molecule has 1 heterocycles. The number of hydrogen-bond donors (Lipinski definition) is 0. The van der Waals surface area contributed by atoms with Crippen LogP contribution in [0.4, 0.5) is 0 Å². The van der Waals surface area contributed by atoms with Crippen LogP contribution < -0.4 is 5.56 Å². The maximum atomic E-state index is 11.3. The minimum Gasteiger partial charge on any atom is -0.312 e. The first kappa shape index (κ1) is 10.1. The summed E-state index contributed by atoms with van der Waals surface area (Å²) in [6.07, 6.45) is 5.49.